The normalized spacial score (nSPS) is 37.9. The summed E-state index contributed by atoms with van der Waals surface area (Å²) in [5.41, 5.74) is 0. The Labute approximate surface area is 101 Å². The summed E-state index contributed by atoms with van der Waals surface area (Å²) in [5.74, 6) is 2.73. The van der Waals surface area contributed by atoms with Crippen molar-refractivity contribution in [3.05, 3.63) is 0 Å². The molecule has 1 N–H and O–H groups in total. The van der Waals surface area contributed by atoms with Crippen LogP contribution in [0, 0.1) is 17.8 Å². The molecule has 1 aliphatic heterocycles. The van der Waals surface area contributed by atoms with E-state index in [9.17, 15) is 0 Å². The molecule has 0 aromatic heterocycles. The smallest absolute Gasteiger partial charge is 0.0130 e. The molecule has 1 heterocycles. The molecule has 2 aliphatic rings. The fraction of sp³-hybridized carbons (Fsp3) is 1.00. The second-order valence-electron chi connectivity index (χ2n) is 6.18. The quantitative estimate of drug-likeness (QED) is 0.774. The molecule has 0 amide bonds. The van der Waals surface area contributed by atoms with Gasteiger partial charge in [-0.25, -0.2) is 0 Å². The van der Waals surface area contributed by atoms with Crippen LogP contribution >= 0.6 is 0 Å². The summed E-state index contributed by atoms with van der Waals surface area (Å²) < 4.78 is 0. The Morgan fingerprint density at radius 2 is 1.81 bits per heavy atom. The Morgan fingerprint density at radius 3 is 2.44 bits per heavy atom. The molecule has 1 aliphatic carbocycles. The molecule has 3 atom stereocenters. The zero-order chi connectivity index (χ0) is 11.5. The standard InChI is InChI=1S/C14H28N2/c1-11(2)13-5-4-12(3)10-14(13)16-8-6-15-7-9-16/h11-15H,4-10H2,1-3H3. The number of hydrogen-bond acceptors (Lipinski definition) is 2. The van der Waals surface area contributed by atoms with Crippen molar-refractivity contribution in [3.63, 3.8) is 0 Å². The van der Waals surface area contributed by atoms with Crippen LogP contribution in [0.5, 0.6) is 0 Å². The van der Waals surface area contributed by atoms with Crippen LogP contribution in [0.4, 0.5) is 0 Å². The maximum atomic E-state index is 3.47. The zero-order valence-electron chi connectivity index (χ0n) is 11.2. The summed E-state index contributed by atoms with van der Waals surface area (Å²) in [6.07, 6.45) is 4.34. The van der Waals surface area contributed by atoms with Crippen molar-refractivity contribution in [1.82, 2.24) is 10.2 Å². The molecule has 0 spiro atoms. The largest absolute Gasteiger partial charge is 0.314 e. The van der Waals surface area contributed by atoms with Gasteiger partial charge in [-0.1, -0.05) is 27.2 Å². The van der Waals surface area contributed by atoms with Crippen molar-refractivity contribution < 1.29 is 0 Å². The lowest BCUT2D eigenvalue weighted by Crippen LogP contribution is -2.53. The van der Waals surface area contributed by atoms with Crippen molar-refractivity contribution in [2.24, 2.45) is 17.8 Å². The van der Waals surface area contributed by atoms with E-state index in [4.69, 9.17) is 0 Å². The molecule has 0 radical (unpaired) electrons. The van der Waals surface area contributed by atoms with E-state index in [0.717, 1.165) is 23.8 Å². The Balaban J connectivity index is 2.00. The van der Waals surface area contributed by atoms with Gasteiger partial charge in [0, 0.05) is 32.2 Å². The molecule has 2 rings (SSSR count). The van der Waals surface area contributed by atoms with Gasteiger partial charge in [0.15, 0.2) is 0 Å². The first-order valence-corrected chi connectivity index (χ1v) is 7.13. The molecule has 2 heteroatoms. The predicted octanol–water partition coefficient (Wildman–Crippen LogP) is 2.35. The Morgan fingerprint density at radius 1 is 1.12 bits per heavy atom. The molecular formula is C14H28N2. The molecule has 0 aromatic carbocycles. The van der Waals surface area contributed by atoms with Crippen molar-refractivity contribution in [2.45, 2.75) is 46.1 Å². The monoisotopic (exact) mass is 224 g/mol. The molecule has 1 saturated carbocycles. The van der Waals surface area contributed by atoms with Crippen LogP contribution in [0.2, 0.25) is 0 Å². The number of rotatable bonds is 2. The van der Waals surface area contributed by atoms with Crippen LogP contribution in [0.1, 0.15) is 40.0 Å². The minimum absolute atomic E-state index is 0.854. The van der Waals surface area contributed by atoms with Gasteiger partial charge in [0.05, 0.1) is 0 Å². The summed E-state index contributed by atoms with van der Waals surface area (Å²) in [5, 5.41) is 3.47. The van der Waals surface area contributed by atoms with Gasteiger partial charge in [0.1, 0.15) is 0 Å². The van der Waals surface area contributed by atoms with Gasteiger partial charge in [-0.15, -0.1) is 0 Å². The van der Waals surface area contributed by atoms with E-state index in [0.29, 0.717) is 0 Å². The Kier molecular flexibility index (Phi) is 4.26. The third-order valence-electron chi connectivity index (χ3n) is 4.61. The zero-order valence-corrected chi connectivity index (χ0v) is 11.2. The lowest BCUT2D eigenvalue weighted by molar-refractivity contribution is 0.0510. The highest BCUT2D eigenvalue weighted by Crippen LogP contribution is 2.36. The minimum Gasteiger partial charge on any atom is -0.314 e. The molecule has 2 fully saturated rings. The Bertz CT molecular complexity index is 209. The highest BCUT2D eigenvalue weighted by atomic mass is 15.2. The van der Waals surface area contributed by atoms with Crippen LogP contribution in [0.25, 0.3) is 0 Å². The van der Waals surface area contributed by atoms with E-state index in [1.54, 1.807) is 0 Å². The third kappa shape index (κ3) is 2.78. The highest BCUT2D eigenvalue weighted by molar-refractivity contribution is 4.88. The maximum Gasteiger partial charge on any atom is 0.0130 e. The second kappa shape index (κ2) is 5.50. The van der Waals surface area contributed by atoms with Crippen LogP contribution < -0.4 is 5.32 Å². The van der Waals surface area contributed by atoms with Gasteiger partial charge in [0.2, 0.25) is 0 Å². The summed E-state index contributed by atoms with van der Waals surface area (Å²) in [6, 6.07) is 0.867. The van der Waals surface area contributed by atoms with E-state index in [1.807, 2.05) is 0 Å². The topological polar surface area (TPSA) is 15.3 Å². The van der Waals surface area contributed by atoms with Gasteiger partial charge >= 0.3 is 0 Å². The van der Waals surface area contributed by atoms with E-state index >= 15 is 0 Å². The van der Waals surface area contributed by atoms with Crippen LogP contribution in [-0.4, -0.2) is 37.1 Å². The molecule has 0 aromatic rings. The van der Waals surface area contributed by atoms with Crippen molar-refractivity contribution in [1.29, 1.82) is 0 Å². The van der Waals surface area contributed by atoms with E-state index in [2.05, 4.69) is 31.0 Å². The lowest BCUT2D eigenvalue weighted by Gasteiger charge is -2.45. The summed E-state index contributed by atoms with van der Waals surface area (Å²) >= 11 is 0. The van der Waals surface area contributed by atoms with Gasteiger partial charge in [-0.2, -0.15) is 0 Å². The molecule has 0 bridgehead atoms. The number of nitrogens with one attached hydrogen (secondary N) is 1. The second-order valence-corrected chi connectivity index (χ2v) is 6.18. The lowest BCUT2D eigenvalue weighted by atomic mass is 9.73. The van der Waals surface area contributed by atoms with Crippen molar-refractivity contribution >= 4 is 0 Å². The third-order valence-corrected chi connectivity index (χ3v) is 4.61. The molecule has 3 unspecified atom stereocenters. The van der Waals surface area contributed by atoms with Crippen LogP contribution in [0.3, 0.4) is 0 Å². The fourth-order valence-corrected chi connectivity index (χ4v) is 3.59. The van der Waals surface area contributed by atoms with Crippen molar-refractivity contribution in [2.75, 3.05) is 26.2 Å². The SMILES string of the molecule is CC1CCC(C(C)C)C(N2CCNCC2)C1. The molecule has 2 nitrogen and oxygen atoms in total. The average Bonchev–Trinajstić information content (AvgIpc) is 2.29. The first kappa shape index (κ1) is 12.4. The van der Waals surface area contributed by atoms with Crippen molar-refractivity contribution in [3.8, 4) is 0 Å². The summed E-state index contributed by atoms with van der Waals surface area (Å²) in [4.78, 5) is 2.76. The predicted molar refractivity (Wildman–Crippen MR) is 69.6 cm³/mol. The molecular weight excluding hydrogens is 196 g/mol. The minimum atomic E-state index is 0.854. The van der Waals surface area contributed by atoms with E-state index in [-0.39, 0.29) is 0 Å². The number of nitrogens with zero attached hydrogens (tertiary/aromatic N) is 1. The highest BCUT2D eigenvalue weighted by Gasteiger charge is 2.34. The number of hydrogen-bond donors (Lipinski definition) is 1. The first-order valence-electron chi connectivity index (χ1n) is 7.13. The van der Waals surface area contributed by atoms with E-state index in [1.165, 1.54) is 45.4 Å². The van der Waals surface area contributed by atoms with Gasteiger partial charge in [-0.05, 0) is 30.6 Å². The molecule has 94 valence electrons. The van der Waals surface area contributed by atoms with Crippen LogP contribution in [0.15, 0.2) is 0 Å². The number of piperazine rings is 1. The maximum absolute atomic E-state index is 3.47. The van der Waals surface area contributed by atoms with Gasteiger partial charge < -0.3 is 5.32 Å². The molecule has 1 saturated heterocycles. The Hall–Kier alpha value is -0.0800. The van der Waals surface area contributed by atoms with Crippen LogP contribution in [-0.2, 0) is 0 Å². The summed E-state index contributed by atoms with van der Waals surface area (Å²) in [6.45, 7) is 12.2. The average molecular weight is 224 g/mol. The molecule has 16 heavy (non-hydrogen) atoms. The fourth-order valence-electron chi connectivity index (χ4n) is 3.59. The first-order chi connectivity index (χ1) is 7.68. The van der Waals surface area contributed by atoms with Gasteiger partial charge in [-0.3, -0.25) is 4.90 Å². The van der Waals surface area contributed by atoms with E-state index < -0.39 is 0 Å². The van der Waals surface area contributed by atoms with Gasteiger partial charge in [0.25, 0.3) is 0 Å². The summed E-state index contributed by atoms with van der Waals surface area (Å²) in [7, 11) is 0.